The maximum Gasteiger partial charge on any atom is 0.288 e. The van der Waals surface area contributed by atoms with E-state index in [1.54, 1.807) is 4.68 Å². The Bertz CT molecular complexity index is 793. The van der Waals surface area contributed by atoms with Crippen LogP contribution in [0.4, 0.5) is 0 Å². The van der Waals surface area contributed by atoms with E-state index in [1.165, 1.54) is 0 Å². The molecule has 0 aliphatic rings. The van der Waals surface area contributed by atoms with Crippen molar-refractivity contribution in [1.29, 1.82) is 0 Å². The zero-order chi connectivity index (χ0) is 14.8. The molecule has 2 aromatic carbocycles. The predicted octanol–water partition coefficient (Wildman–Crippen LogP) is 2.34. The summed E-state index contributed by atoms with van der Waals surface area (Å²) in [6, 6.07) is 17.4. The van der Waals surface area contributed by atoms with Crippen molar-refractivity contribution >= 4 is 5.91 Å². The van der Waals surface area contributed by atoms with Gasteiger partial charge in [0.05, 0.1) is 5.69 Å². The topological polar surface area (TPSA) is 73.8 Å². The number of rotatable bonds is 3. The van der Waals surface area contributed by atoms with E-state index in [-0.39, 0.29) is 5.82 Å². The number of hydrogen-bond donors (Lipinski definition) is 1. The fourth-order valence-corrected chi connectivity index (χ4v) is 2.13. The molecule has 21 heavy (non-hydrogen) atoms. The van der Waals surface area contributed by atoms with Gasteiger partial charge in [0, 0.05) is 5.56 Å². The summed E-state index contributed by atoms with van der Waals surface area (Å²) in [6.45, 7) is 2.00. The molecule has 1 heterocycles. The van der Waals surface area contributed by atoms with Crippen molar-refractivity contribution in [2.45, 2.75) is 6.92 Å². The largest absolute Gasteiger partial charge is 0.363 e. The first-order valence-electron chi connectivity index (χ1n) is 6.54. The Balaban J connectivity index is 2.21. The van der Waals surface area contributed by atoms with Gasteiger partial charge >= 0.3 is 0 Å². The molecule has 5 nitrogen and oxygen atoms in total. The second-order valence-electron chi connectivity index (χ2n) is 4.74. The molecule has 104 valence electrons. The fourth-order valence-electron chi connectivity index (χ4n) is 2.13. The minimum absolute atomic E-state index is 0.00959. The van der Waals surface area contributed by atoms with Crippen LogP contribution in [0.3, 0.4) is 0 Å². The Morgan fingerprint density at radius 1 is 1.10 bits per heavy atom. The highest BCUT2D eigenvalue weighted by Crippen LogP contribution is 2.21. The molecule has 5 heteroatoms. The standard InChI is InChI=1S/C16H14N4O/c1-11-6-5-9-13(10-11)20-16(12-7-3-2-4-8-12)18-15(19-20)14(17)21/h2-10H,1H3,(H2,17,21). The molecular formula is C16H14N4O. The zero-order valence-electron chi connectivity index (χ0n) is 11.5. The lowest BCUT2D eigenvalue weighted by Gasteiger charge is -2.06. The van der Waals surface area contributed by atoms with Gasteiger partial charge in [-0.15, -0.1) is 5.10 Å². The predicted molar refractivity (Wildman–Crippen MR) is 80.0 cm³/mol. The van der Waals surface area contributed by atoms with Crippen LogP contribution < -0.4 is 5.73 Å². The molecule has 0 spiro atoms. The lowest BCUT2D eigenvalue weighted by atomic mass is 10.2. The number of hydrogen-bond acceptors (Lipinski definition) is 3. The average molecular weight is 278 g/mol. The third-order valence-corrected chi connectivity index (χ3v) is 3.11. The van der Waals surface area contributed by atoms with Crippen molar-refractivity contribution in [3.63, 3.8) is 0 Å². The van der Waals surface area contributed by atoms with Crippen LogP contribution in [0.1, 0.15) is 16.2 Å². The summed E-state index contributed by atoms with van der Waals surface area (Å²) < 4.78 is 1.64. The van der Waals surface area contributed by atoms with Crippen LogP contribution in [-0.4, -0.2) is 20.7 Å². The Morgan fingerprint density at radius 2 is 1.86 bits per heavy atom. The Kier molecular flexibility index (Phi) is 3.23. The van der Waals surface area contributed by atoms with Crippen molar-refractivity contribution in [2.24, 2.45) is 5.73 Å². The normalized spacial score (nSPS) is 10.5. The summed E-state index contributed by atoms with van der Waals surface area (Å²) in [5.74, 6) is -0.0380. The summed E-state index contributed by atoms with van der Waals surface area (Å²) in [5, 5.41) is 4.23. The van der Waals surface area contributed by atoms with Crippen LogP contribution in [0, 0.1) is 6.92 Å². The Morgan fingerprint density at radius 3 is 2.52 bits per heavy atom. The first kappa shape index (κ1) is 13.1. The molecule has 0 aliphatic heterocycles. The van der Waals surface area contributed by atoms with Gasteiger partial charge in [-0.1, -0.05) is 42.5 Å². The molecule has 0 radical (unpaired) electrons. The lowest BCUT2D eigenvalue weighted by molar-refractivity contribution is 0.0990. The number of amides is 1. The van der Waals surface area contributed by atoms with Crippen LogP contribution >= 0.6 is 0 Å². The van der Waals surface area contributed by atoms with Gasteiger partial charge in [0.1, 0.15) is 0 Å². The summed E-state index contributed by atoms with van der Waals surface area (Å²) in [4.78, 5) is 15.6. The molecule has 0 fully saturated rings. The highest BCUT2D eigenvalue weighted by molar-refractivity contribution is 5.89. The van der Waals surface area contributed by atoms with Gasteiger partial charge < -0.3 is 5.73 Å². The molecule has 0 saturated carbocycles. The van der Waals surface area contributed by atoms with E-state index in [0.717, 1.165) is 16.8 Å². The van der Waals surface area contributed by atoms with Crippen LogP contribution in [0.25, 0.3) is 17.1 Å². The molecule has 1 aromatic heterocycles. The van der Waals surface area contributed by atoms with E-state index in [1.807, 2.05) is 61.5 Å². The number of carbonyl (C=O) groups excluding carboxylic acids is 1. The van der Waals surface area contributed by atoms with Crippen LogP contribution in [0.5, 0.6) is 0 Å². The zero-order valence-corrected chi connectivity index (χ0v) is 11.5. The number of nitrogens with zero attached hydrogens (tertiary/aromatic N) is 3. The van der Waals surface area contributed by atoms with Gasteiger partial charge in [0.15, 0.2) is 5.82 Å². The quantitative estimate of drug-likeness (QED) is 0.799. The maximum atomic E-state index is 11.4. The number of benzene rings is 2. The molecule has 1 amide bonds. The van der Waals surface area contributed by atoms with E-state index in [0.29, 0.717) is 5.82 Å². The summed E-state index contributed by atoms with van der Waals surface area (Å²) in [5.41, 5.74) is 8.12. The number of aryl methyl sites for hydroxylation is 1. The highest BCUT2D eigenvalue weighted by Gasteiger charge is 2.16. The highest BCUT2D eigenvalue weighted by atomic mass is 16.1. The fraction of sp³-hybridized carbons (Fsp3) is 0.0625. The number of nitrogens with two attached hydrogens (primary N) is 1. The van der Waals surface area contributed by atoms with Crippen LogP contribution in [-0.2, 0) is 0 Å². The van der Waals surface area contributed by atoms with Crippen LogP contribution in [0.2, 0.25) is 0 Å². The van der Waals surface area contributed by atoms with E-state index < -0.39 is 5.91 Å². The van der Waals surface area contributed by atoms with Crippen molar-refractivity contribution in [2.75, 3.05) is 0 Å². The third-order valence-electron chi connectivity index (χ3n) is 3.11. The molecule has 3 aromatic rings. The molecule has 0 bridgehead atoms. The molecule has 0 aliphatic carbocycles. The minimum Gasteiger partial charge on any atom is -0.363 e. The van der Waals surface area contributed by atoms with Gasteiger partial charge in [-0.3, -0.25) is 4.79 Å². The van der Waals surface area contributed by atoms with E-state index in [4.69, 9.17) is 5.73 Å². The first-order valence-corrected chi connectivity index (χ1v) is 6.54. The summed E-state index contributed by atoms with van der Waals surface area (Å²) in [6.07, 6.45) is 0. The molecule has 0 saturated heterocycles. The molecule has 0 atom stereocenters. The molecule has 3 rings (SSSR count). The second-order valence-corrected chi connectivity index (χ2v) is 4.74. The van der Waals surface area contributed by atoms with Crippen LogP contribution in [0.15, 0.2) is 54.6 Å². The third kappa shape index (κ3) is 2.53. The van der Waals surface area contributed by atoms with E-state index in [2.05, 4.69) is 10.1 Å². The van der Waals surface area contributed by atoms with Crippen molar-refractivity contribution in [3.8, 4) is 17.1 Å². The van der Waals surface area contributed by atoms with Gasteiger partial charge in [-0.25, -0.2) is 9.67 Å². The second kappa shape index (κ2) is 5.20. The van der Waals surface area contributed by atoms with Gasteiger partial charge in [-0.2, -0.15) is 0 Å². The minimum atomic E-state index is -0.640. The van der Waals surface area contributed by atoms with Crippen molar-refractivity contribution in [3.05, 3.63) is 66.0 Å². The maximum absolute atomic E-state index is 11.4. The summed E-state index contributed by atoms with van der Waals surface area (Å²) >= 11 is 0. The smallest absolute Gasteiger partial charge is 0.288 e. The summed E-state index contributed by atoms with van der Waals surface area (Å²) in [7, 11) is 0. The van der Waals surface area contributed by atoms with Gasteiger partial charge in [0.2, 0.25) is 5.82 Å². The average Bonchev–Trinajstić information content (AvgIpc) is 2.93. The Hall–Kier alpha value is -2.95. The SMILES string of the molecule is Cc1cccc(-n2nc(C(N)=O)nc2-c2ccccc2)c1. The van der Waals surface area contributed by atoms with Crippen molar-refractivity contribution in [1.82, 2.24) is 14.8 Å². The van der Waals surface area contributed by atoms with E-state index >= 15 is 0 Å². The first-order chi connectivity index (χ1) is 10.1. The van der Waals surface area contributed by atoms with Gasteiger partial charge in [-0.05, 0) is 24.6 Å². The molecule has 2 N–H and O–H groups in total. The molecular weight excluding hydrogens is 264 g/mol. The lowest BCUT2D eigenvalue weighted by Crippen LogP contribution is -2.13. The monoisotopic (exact) mass is 278 g/mol. The Labute approximate surface area is 122 Å². The number of primary amides is 1. The van der Waals surface area contributed by atoms with Gasteiger partial charge in [0.25, 0.3) is 5.91 Å². The number of carbonyl (C=O) groups is 1. The van der Waals surface area contributed by atoms with Crippen molar-refractivity contribution < 1.29 is 4.79 Å². The molecule has 0 unspecified atom stereocenters. The van der Waals surface area contributed by atoms with E-state index in [9.17, 15) is 4.79 Å². The number of aromatic nitrogens is 3.